The van der Waals surface area contributed by atoms with Crippen molar-refractivity contribution in [1.82, 2.24) is 4.57 Å². The molecule has 7 heteroatoms. The predicted octanol–water partition coefficient (Wildman–Crippen LogP) is 4.44. The first-order valence-electron chi connectivity index (χ1n) is 9.16. The first-order chi connectivity index (χ1) is 14.0. The zero-order valence-corrected chi connectivity index (χ0v) is 17.7. The van der Waals surface area contributed by atoms with Crippen molar-refractivity contribution in [2.24, 2.45) is 7.05 Å². The summed E-state index contributed by atoms with van der Waals surface area (Å²) in [7, 11) is 6.87. The molecular weight excluding hydrogens is 372 g/mol. The number of carbonyl (C=O) groups is 1. The molecule has 1 aromatic heterocycles. The third kappa shape index (κ3) is 5.13. The minimum atomic E-state index is 0.431. The molecule has 0 aliphatic rings. The van der Waals surface area contributed by atoms with Crippen molar-refractivity contribution in [1.29, 1.82) is 0 Å². The number of anilines is 2. The average Bonchev–Trinajstić information content (AvgIpc) is 3.09. The van der Waals surface area contributed by atoms with Gasteiger partial charge >= 0.3 is 0 Å². The molecule has 3 aromatic rings. The molecule has 2 aromatic carbocycles. The first kappa shape index (κ1) is 21.9. The van der Waals surface area contributed by atoms with Crippen LogP contribution in [0.5, 0.6) is 17.2 Å². The zero-order chi connectivity index (χ0) is 21.4. The molecule has 29 heavy (non-hydrogen) atoms. The van der Waals surface area contributed by atoms with Crippen LogP contribution in [0, 0.1) is 6.92 Å². The Morgan fingerprint density at radius 2 is 1.69 bits per heavy atom. The van der Waals surface area contributed by atoms with E-state index in [1.807, 2.05) is 19.2 Å². The van der Waals surface area contributed by atoms with Gasteiger partial charge in [0, 0.05) is 42.1 Å². The number of nitrogens with zero attached hydrogens (tertiary/aromatic N) is 1. The van der Waals surface area contributed by atoms with Crippen LogP contribution in [0.1, 0.15) is 12.5 Å². The van der Waals surface area contributed by atoms with Crippen LogP contribution in [0.2, 0.25) is 0 Å². The standard InChI is InChI=1S/C19H22N2O3.C3H6O2/c1-12-8-15(14-6-7-21(2)16(14)9-12)20-13-10-17(22-3)19(24-5)18(11-13)23-4;1-2-5-3-4/h6-11,20H,1-5H3;3H,2H2,1H3. The van der Waals surface area contributed by atoms with E-state index in [9.17, 15) is 4.79 Å². The summed E-state index contributed by atoms with van der Waals surface area (Å²) in [6.45, 7) is 4.75. The molecule has 3 rings (SSSR count). The van der Waals surface area contributed by atoms with Gasteiger partial charge in [0.15, 0.2) is 11.5 Å². The number of aryl methyl sites for hydroxylation is 2. The number of hydrogen-bond donors (Lipinski definition) is 1. The molecule has 1 N–H and O–H groups in total. The number of rotatable bonds is 7. The monoisotopic (exact) mass is 400 g/mol. The second kappa shape index (κ2) is 10.3. The minimum Gasteiger partial charge on any atom is -0.493 e. The molecule has 0 fully saturated rings. The summed E-state index contributed by atoms with van der Waals surface area (Å²) in [5.41, 5.74) is 4.30. The molecule has 1 heterocycles. The van der Waals surface area contributed by atoms with Crippen LogP contribution < -0.4 is 19.5 Å². The van der Waals surface area contributed by atoms with Crippen LogP contribution in [-0.4, -0.2) is 39.0 Å². The second-order valence-electron chi connectivity index (χ2n) is 6.26. The maximum absolute atomic E-state index is 9.18. The van der Waals surface area contributed by atoms with E-state index >= 15 is 0 Å². The van der Waals surface area contributed by atoms with E-state index in [4.69, 9.17) is 14.2 Å². The lowest BCUT2D eigenvalue weighted by molar-refractivity contribution is -0.128. The zero-order valence-electron chi connectivity index (χ0n) is 17.7. The minimum absolute atomic E-state index is 0.431. The van der Waals surface area contributed by atoms with Crippen LogP contribution in [0.15, 0.2) is 36.5 Å². The van der Waals surface area contributed by atoms with Gasteiger partial charge in [-0.2, -0.15) is 0 Å². The van der Waals surface area contributed by atoms with Gasteiger partial charge in [-0.15, -0.1) is 0 Å². The molecule has 0 saturated carbocycles. The Bertz CT molecular complexity index is 940. The lowest BCUT2D eigenvalue weighted by Crippen LogP contribution is -1.98. The van der Waals surface area contributed by atoms with E-state index in [1.165, 1.54) is 11.1 Å². The van der Waals surface area contributed by atoms with E-state index in [2.05, 4.69) is 45.9 Å². The molecule has 7 nitrogen and oxygen atoms in total. The molecule has 0 aliphatic carbocycles. The highest BCUT2D eigenvalue weighted by atomic mass is 16.5. The summed E-state index contributed by atoms with van der Waals surface area (Å²) in [6.07, 6.45) is 2.06. The summed E-state index contributed by atoms with van der Waals surface area (Å²) in [4.78, 5) is 9.18. The maximum atomic E-state index is 9.18. The third-order valence-electron chi connectivity index (χ3n) is 4.33. The second-order valence-corrected chi connectivity index (χ2v) is 6.26. The molecule has 0 bridgehead atoms. The number of hydrogen-bond acceptors (Lipinski definition) is 6. The van der Waals surface area contributed by atoms with Crippen molar-refractivity contribution in [3.8, 4) is 17.2 Å². The molecule has 0 amide bonds. The van der Waals surface area contributed by atoms with Crippen molar-refractivity contribution in [3.63, 3.8) is 0 Å². The fourth-order valence-corrected chi connectivity index (χ4v) is 2.99. The van der Waals surface area contributed by atoms with E-state index in [-0.39, 0.29) is 0 Å². The topological polar surface area (TPSA) is 71.0 Å². The number of benzene rings is 2. The van der Waals surface area contributed by atoms with Gasteiger partial charge in [-0.25, -0.2) is 0 Å². The molecular formula is C22H28N2O5. The van der Waals surface area contributed by atoms with Crippen molar-refractivity contribution >= 4 is 28.7 Å². The quantitative estimate of drug-likeness (QED) is 0.592. The van der Waals surface area contributed by atoms with Crippen LogP contribution in [0.25, 0.3) is 10.9 Å². The Balaban J connectivity index is 0.000000537. The van der Waals surface area contributed by atoms with E-state index in [1.54, 1.807) is 28.3 Å². The third-order valence-corrected chi connectivity index (χ3v) is 4.33. The van der Waals surface area contributed by atoms with Crippen molar-refractivity contribution in [2.75, 3.05) is 33.3 Å². The highest BCUT2D eigenvalue weighted by molar-refractivity contribution is 5.95. The van der Waals surface area contributed by atoms with Gasteiger partial charge in [-0.3, -0.25) is 4.79 Å². The Morgan fingerprint density at radius 3 is 2.17 bits per heavy atom. The summed E-state index contributed by atoms with van der Waals surface area (Å²) < 4.78 is 22.5. The SMILES string of the molecule is CCOC=O.COc1cc(Nc2cc(C)cc3c2ccn3C)cc(OC)c1OC. The van der Waals surface area contributed by atoms with Crippen LogP contribution >= 0.6 is 0 Å². The van der Waals surface area contributed by atoms with E-state index in [0.717, 1.165) is 16.8 Å². The summed E-state index contributed by atoms with van der Waals surface area (Å²) >= 11 is 0. The van der Waals surface area contributed by atoms with Gasteiger partial charge in [0.25, 0.3) is 6.47 Å². The fourth-order valence-electron chi connectivity index (χ4n) is 2.99. The van der Waals surface area contributed by atoms with Crippen molar-refractivity contribution < 1.29 is 23.7 Å². The van der Waals surface area contributed by atoms with Gasteiger partial charge < -0.3 is 28.8 Å². The van der Waals surface area contributed by atoms with E-state index in [0.29, 0.717) is 30.3 Å². The number of nitrogens with one attached hydrogen (secondary N) is 1. The lowest BCUT2D eigenvalue weighted by Gasteiger charge is -2.16. The molecule has 0 radical (unpaired) electrons. The largest absolute Gasteiger partial charge is 0.493 e. The highest BCUT2D eigenvalue weighted by Gasteiger charge is 2.14. The lowest BCUT2D eigenvalue weighted by atomic mass is 10.1. The van der Waals surface area contributed by atoms with Crippen LogP contribution in [-0.2, 0) is 16.6 Å². The number of carbonyl (C=O) groups excluding carboxylic acids is 1. The fraction of sp³-hybridized carbons (Fsp3) is 0.318. The highest BCUT2D eigenvalue weighted by Crippen LogP contribution is 2.41. The normalized spacial score (nSPS) is 10.0. The molecule has 0 saturated heterocycles. The van der Waals surface area contributed by atoms with Gasteiger partial charge in [0.1, 0.15) is 0 Å². The van der Waals surface area contributed by atoms with Crippen molar-refractivity contribution in [3.05, 3.63) is 42.1 Å². The Morgan fingerprint density at radius 1 is 1.03 bits per heavy atom. The van der Waals surface area contributed by atoms with Crippen molar-refractivity contribution in [2.45, 2.75) is 13.8 Å². The molecule has 0 spiro atoms. The van der Waals surface area contributed by atoms with Gasteiger partial charge in [-0.05, 0) is 37.6 Å². The van der Waals surface area contributed by atoms with Crippen LogP contribution in [0.4, 0.5) is 11.4 Å². The number of ether oxygens (including phenoxy) is 4. The Hall–Kier alpha value is -3.35. The summed E-state index contributed by atoms with van der Waals surface area (Å²) in [5.74, 6) is 1.83. The van der Waals surface area contributed by atoms with Crippen LogP contribution in [0.3, 0.4) is 0 Å². The predicted molar refractivity (Wildman–Crippen MR) is 115 cm³/mol. The molecule has 0 unspecified atom stereocenters. The smallest absolute Gasteiger partial charge is 0.293 e. The average molecular weight is 400 g/mol. The summed E-state index contributed by atoms with van der Waals surface area (Å²) in [6, 6.07) is 10.2. The van der Waals surface area contributed by atoms with Gasteiger partial charge in [0.2, 0.25) is 5.75 Å². The number of fused-ring (bicyclic) bond motifs is 1. The maximum Gasteiger partial charge on any atom is 0.293 e. The Labute approximate surface area is 171 Å². The Kier molecular flexibility index (Phi) is 7.77. The first-order valence-corrected chi connectivity index (χ1v) is 9.16. The number of aromatic nitrogens is 1. The number of methoxy groups -OCH3 is 3. The van der Waals surface area contributed by atoms with E-state index < -0.39 is 0 Å². The van der Waals surface area contributed by atoms with Gasteiger partial charge in [-0.1, -0.05) is 0 Å². The molecule has 156 valence electrons. The molecule has 0 aliphatic heterocycles. The summed E-state index contributed by atoms with van der Waals surface area (Å²) in [5, 5.41) is 4.64. The van der Waals surface area contributed by atoms with Gasteiger partial charge in [0.05, 0.1) is 33.5 Å². The molecule has 0 atom stereocenters.